The zero-order chi connectivity index (χ0) is 33.3. The molecule has 7 fully saturated rings. The summed E-state index contributed by atoms with van der Waals surface area (Å²) in [6.45, 7) is 4.80. The second-order valence-corrected chi connectivity index (χ2v) is 15.9. The molecule has 0 radical (unpaired) electrons. The van der Waals surface area contributed by atoms with Gasteiger partial charge < -0.3 is 28.4 Å². The maximum Gasteiger partial charge on any atom is 0.405 e. The van der Waals surface area contributed by atoms with Crippen LogP contribution >= 0.6 is 0 Å². The average molecular weight is 679 g/mol. The van der Waals surface area contributed by atoms with E-state index in [-0.39, 0.29) is 11.3 Å². The summed E-state index contributed by atoms with van der Waals surface area (Å²) >= 11 is 0. The van der Waals surface area contributed by atoms with Crippen molar-refractivity contribution in [3.63, 3.8) is 0 Å². The van der Waals surface area contributed by atoms with Crippen LogP contribution in [0.15, 0.2) is 0 Å². The van der Waals surface area contributed by atoms with Crippen LogP contribution < -0.4 is 0 Å². The highest BCUT2D eigenvalue weighted by Gasteiger charge is 2.72. The number of alkyl halides is 2. The lowest BCUT2D eigenvalue weighted by atomic mass is 9.50. The summed E-state index contributed by atoms with van der Waals surface area (Å²) in [5, 5.41) is -4.76. The third kappa shape index (κ3) is 6.02. The lowest BCUT2D eigenvalue weighted by Crippen LogP contribution is -2.50. The molecule has 3 heterocycles. The first kappa shape index (κ1) is 33.5. The molecule has 1 N–H and O–H groups in total. The standard InChI is InChI=1S/C30H40F2O13S/c1-13(2)28(40-12-29-9-15-6-16(10-29)8-17(7-15)11-29)45-27(36)21-20-23-25(44-26(20)35)24(22(21)43-23)42-19(34)5-4-18(33)41-14(3)30(31,32)46(37,38)39/h13-17,20-25,28H,4-12H2,1-3H3,(H,37,38,39). The van der Waals surface area contributed by atoms with E-state index in [0.29, 0.717) is 13.5 Å². The van der Waals surface area contributed by atoms with Crippen LogP contribution in [0.5, 0.6) is 0 Å². The topological polar surface area (TPSA) is 178 Å². The smallest absolute Gasteiger partial charge is 0.405 e. The summed E-state index contributed by atoms with van der Waals surface area (Å²) in [4.78, 5) is 51.0. The van der Waals surface area contributed by atoms with E-state index in [1.807, 2.05) is 13.8 Å². The van der Waals surface area contributed by atoms with Crippen LogP contribution in [0.1, 0.15) is 72.1 Å². The summed E-state index contributed by atoms with van der Waals surface area (Å²) in [5.74, 6) is -3.86. The molecule has 4 aliphatic carbocycles. The Labute approximate surface area is 265 Å². The van der Waals surface area contributed by atoms with Crippen LogP contribution in [0.25, 0.3) is 0 Å². The van der Waals surface area contributed by atoms with Gasteiger partial charge in [-0.05, 0) is 68.6 Å². The fourth-order valence-corrected chi connectivity index (χ4v) is 9.44. The van der Waals surface area contributed by atoms with Crippen LogP contribution in [0, 0.1) is 40.9 Å². The van der Waals surface area contributed by atoms with Crippen molar-refractivity contribution in [1.82, 2.24) is 0 Å². The summed E-state index contributed by atoms with van der Waals surface area (Å²) in [5.41, 5.74) is 0.0908. The average Bonchev–Trinajstić information content (AvgIpc) is 3.56. The summed E-state index contributed by atoms with van der Waals surface area (Å²) in [6, 6.07) is 0. The lowest BCUT2D eigenvalue weighted by Gasteiger charge is -2.56. The van der Waals surface area contributed by atoms with E-state index in [2.05, 4.69) is 4.74 Å². The number of fused-ring (bicyclic) bond motifs is 1. The van der Waals surface area contributed by atoms with Crippen molar-refractivity contribution in [3.05, 3.63) is 0 Å². The van der Waals surface area contributed by atoms with Gasteiger partial charge in [-0.25, -0.2) is 0 Å². The molecule has 0 aromatic carbocycles. The number of carbonyl (C=O) groups excluding carboxylic acids is 4. The van der Waals surface area contributed by atoms with Gasteiger partial charge in [0, 0.05) is 5.92 Å². The molecule has 8 atom stereocenters. The van der Waals surface area contributed by atoms with E-state index >= 15 is 0 Å². The first-order chi connectivity index (χ1) is 21.5. The Bertz CT molecular complexity index is 1330. The van der Waals surface area contributed by atoms with Crippen LogP contribution in [-0.2, 0) is 57.7 Å². The number of hydrogen-bond donors (Lipinski definition) is 1. The SMILES string of the molecule is CC(C)C(OCC12CC3CC(CC(C3)C1)C2)OC(=O)C1C2OC3C(OC(=O)C31)C2OC(=O)CCC(=O)OC(C)C(F)(F)S(=O)(=O)O. The van der Waals surface area contributed by atoms with E-state index in [4.69, 9.17) is 28.2 Å². The number of ether oxygens (including phenoxy) is 6. The Hall–Kier alpha value is -2.43. The molecule has 258 valence electrons. The maximum atomic E-state index is 13.7. The Balaban J connectivity index is 1.05. The number of esters is 4. The molecule has 0 amide bonds. The van der Waals surface area contributed by atoms with Gasteiger partial charge in [-0.3, -0.25) is 23.7 Å². The van der Waals surface area contributed by atoms with Crippen LogP contribution in [-0.4, -0.2) is 85.5 Å². The minimum absolute atomic E-state index is 0.0908. The van der Waals surface area contributed by atoms with Crippen LogP contribution in [0.2, 0.25) is 0 Å². The zero-order valence-corrected chi connectivity index (χ0v) is 26.6. The summed E-state index contributed by atoms with van der Waals surface area (Å²) in [7, 11) is -5.85. The van der Waals surface area contributed by atoms with Gasteiger partial charge >= 0.3 is 39.2 Å². The van der Waals surface area contributed by atoms with Gasteiger partial charge in [0.15, 0.2) is 18.3 Å². The summed E-state index contributed by atoms with van der Waals surface area (Å²) < 4.78 is 90.9. The Morgan fingerprint density at radius 2 is 1.54 bits per heavy atom. The monoisotopic (exact) mass is 678 g/mol. The highest BCUT2D eigenvalue weighted by Crippen LogP contribution is 2.60. The van der Waals surface area contributed by atoms with Gasteiger partial charge in [0.2, 0.25) is 6.29 Å². The number of rotatable bonds is 13. The van der Waals surface area contributed by atoms with Crippen molar-refractivity contribution >= 4 is 34.0 Å². The van der Waals surface area contributed by atoms with Crippen LogP contribution in [0.3, 0.4) is 0 Å². The molecule has 16 heteroatoms. The molecular weight excluding hydrogens is 638 g/mol. The Morgan fingerprint density at radius 1 is 0.957 bits per heavy atom. The lowest BCUT2D eigenvalue weighted by molar-refractivity contribution is -0.213. The molecule has 7 aliphatic rings. The minimum Gasteiger partial charge on any atom is -0.455 e. The minimum atomic E-state index is -5.85. The number of hydrogen-bond acceptors (Lipinski definition) is 12. The molecule has 6 bridgehead atoms. The fourth-order valence-electron chi connectivity index (χ4n) is 8.97. The zero-order valence-electron chi connectivity index (χ0n) is 25.8. The van der Waals surface area contributed by atoms with E-state index in [1.165, 1.54) is 19.3 Å². The van der Waals surface area contributed by atoms with Crippen molar-refractivity contribution in [1.29, 1.82) is 0 Å². The molecule has 0 aromatic heterocycles. The molecule has 7 rings (SSSR count). The predicted octanol–water partition coefficient (Wildman–Crippen LogP) is 2.79. The largest absolute Gasteiger partial charge is 0.455 e. The highest BCUT2D eigenvalue weighted by atomic mass is 32.2. The second-order valence-electron chi connectivity index (χ2n) is 14.4. The normalized spacial score (nSPS) is 38.5. The predicted molar refractivity (Wildman–Crippen MR) is 148 cm³/mol. The fraction of sp³-hybridized carbons (Fsp3) is 0.867. The molecule has 0 aromatic rings. The van der Waals surface area contributed by atoms with E-state index in [9.17, 15) is 36.4 Å². The van der Waals surface area contributed by atoms with Gasteiger partial charge in [-0.1, -0.05) is 13.8 Å². The van der Waals surface area contributed by atoms with Gasteiger partial charge in [0.1, 0.15) is 24.0 Å². The van der Waals surface area contributed by atoms with Crippen molar-refractivity contribution in [3.8, 4) is 0 Å². The first-order valence-corrected chi connectivity index (χ1v) is 17.3. The van der Waals surface area contributed by atoms with E-state index < -0.39 is 101 Å². The third-order valence-corrected chi connectivity index (χ3v) is 11.6. The maximum absolute atomic E-state index is 13.7. The number of halogens is 2. The summed E-state index contributed by atoms with van der Waals surface area (Å²) in [6.07, 6.45) is -1.70. The third-order valence-electron chi connectivity index (χ3n) is 10.6. The van der Waals surface area contributed by atoms with Gasteiger partial charge in [0.05, 0.1) is 19.4 Å². The van der Waals surface area contributed by atoms with Gasteiger partial charge in [0.25, 0.3) is 0 Å². The molecule has 4 saturated carbocycles. The van der Waals surface area contributed by atoms with Crippen molar-refractivity contribution in [2.75, 3.05) is 6.61 Å². The molecule has 8 unspecified atom stereocenters. The highest BCUT2D eigenvalue weighted by molar-refractivity contribution is 7.86. The molecule has 3 saturated heterocycles. The Morgan fingerprint density at radius 3 is 2.11 bits per heavy atom. The molecule has 13 nitrogen and oxygen atoms in total. The van der Waals surface area contributed by atoms with Crippen molar-refractivity contribution in [2.24, 2.45) is 40.9 Å². The molecule has 0 spiro atoms. The molecule has 46 heavy (non-hydrogen) atoms. The molecular formula is C30H40F2O13S. The first-order valence-electron chi connectivity index (χ1n) is 15.9. The van der Waals surface area contributed by atoms with E-state index in [0.717, 1.165) is 37.0 Å². The quantitative estimate of drug-likeness (QED) is 0.130. The Kier molecular flexibility index (Phi) is 8.67. The van der Waals surface area contributed by atoms with Gasteiger partial charge in [-0.15, -0.1) is 0 Å². The second kappa shape index (κ2) is 11.9. The molecule has 3 aliphatic heterocycles. The van der Waals surface area contributed by atoms with Crippen LogP contribution in [0.4, 0.5) is 8.78 Å². The van der Waals surface area contributed by atoms with E-state index in [1.54, 1.807) is 0 Å². The van der Waals surface area contributed by atoms with Crippen molar-refractivity contribution < 1.29 is 69.4 Å². The number of carbonyl (C=O) groups is 4. The van der Waals surface area contributed by atoms with Gasteiger partial charge in [-0.2, -0.15) is 17.2 Å². The van der Waals surface area contributed by atoms with Crippen molar-refractivity contribution in [2.45, 2.75) is 114 Å².